The molecule has 0 amide bonds. The van der Waals surface area contributed by atoms with E-state index in [4.69, 9.17) is 27.9 Å². The molecule has 0 aliphatic rings. The van der Waals surface area contributed by atoms with Crippen LogP contribution in [0.5, 0.6) is 0 Å². The van der Waals surface area contributed by atoms with E-state index in [0.29, 0.717) is 22.9 Å². The molecule has 0 spiro atoms. The highest BCUT2D eigenvalue weighted by molar-refractivity contribution is 6.30. The van der Waals surface area contributed by atoms with Gasteiger partial charge in [-0.25, -0.2) is 0 Å². The first-order valence-corrected chi connectivity index (χ1v) is 9.41. The number of carbonyl (C=O) groups excluding carboxylic acids is 1. The van der Waals surface area contributed by atoms with Gasteiger partial charge < -0.3 is 9.84 Å². The number of ether oxygens (including phenoxy) is 1. The third-order valence-electron chi connectivity index (χ3n) is 4.71. The monoisotopic (exact) mass is 394 g/mol. The van der Waals surface area contributed by atoms with Gasteiger partial charge in [-0.2, -0.15) is 0 Å². The highest BCUT2D eigenvalue weighted by Crippen LogP contribution is 2.41. The van der Waals surface area contributed by atoms with Crippen molar-refractivity contribution in [2.24, 2.45) is 5.92 Å². The van der Waals surface area contributed by atoms with Crippen LogP contribution in [0.2, 0.25) is 10.0 Å². The molecule has 0 aliphatic carbocycles. The Morgan fingerprint density at radius 3 is 2.31 bits per heavy atom. The van der Waals surface area contributed by atoms with Gasteiger partial charge in [-0.05, 0) is 60.1 Å². The molecule has 0 aromatic heterocycles. The minimum absolute atomic E-state index is 0.0103. The standard InChI is InChI=1S/C21H24Cl2O3/c1-14(21(25)26-2)12-20(16-4-3-5-18(23)13-16)19(10-11-24)15-6-8-17(22)9-7-15/h3-9,13-14,19-20,24H,10-12H2,1-2H3. The van der Waals surface area contributed by atoms with E-state index in [2.05, 4.69) is 0 Å². The fourth-order valence-corrected chi connectivity index (χ4v) is 3.72. The number of benzene rings is 2. The normalized spacial score (nSPS) is 14.5. The lowest BCUT2D eigenvalue weighted by molar-refractivity contribution is -0.145. The van der Waals surface area contributed by atoms with Gasteiger partial charge in [0, 0.05) is 16.7 Å². The molecular formula is C21H24Cl2O3. The number of esters is 1. The molecule has 1 N–H and O–H groups in total. The van der Waals surface area contributed by atoms with E-state index in [9.17, 15) is 9.90 Å². The molecule has 2 aromatic carbocycles. The molecule has 0 aliphatic heterocycles. The zero-order valence-corrected chi connectivity index (χ0v) is 16.5. The predicted molar refractivity (Wildman–Crippen MR) is 106 cm³/mol. The highest BCUT2D eigenvalue weighted by Gasteiger charge is 2.29. The van der Waals surface area contributed by atoms with Crippen molar-refractivity contribution >= 4 is 29.2 Å². The van der Waals surface area contributed by atoms with Crippen molar-refractivity contribution < 1.29 is 14.6 Å². The Hall–Kier alpha value is -1.55. The Kier molecular flexibility index (Phi) is 7.95. The van der Waals surface area contributed by atoms with Crippen LogP contribution in [0, 0.1) is 5.92 Å². The average molecular weight is 395 g/mol. The molecule has 2 aromatic rings. The second-order valence-electron chi connectivity index (χ2n) is 6.49. The molecule has 3 nitrogen and oxygen atoms in total. The minimum Gasteiger partial charge on any atom is -0.469 e. The van der Waals surface area contributed by atoms with Crippen LogP contribution in [0.1, 0.15) is 42.7 Å². The van der Waals surface area contributed by atoms with Gasteiger partial charge in [-0.1, -0.05) is 54.4 Å². The number of aliphatic hydroxyl groups excluding tert-OH is 1. The summed E-state index contributed by atoms with van der Waals surface area (Å²) < 4.78 is 4.90. The van der Waals surface area contributed by atoms with E-state index in [0.717, 1.165) is 11.1 Å². The van der Waals surface area contributed by atoms with Gasteiger partial charge in [-0.15, -0.1) is 0 Å². The van der Waals surface area contributed by atoms with Gasteiger partial charge in [0.15, 0.2) is 0 Å². The van der Waals surface area contributed by atoms with Gasteiger partial charge in [0.1, 0.15) is 0 Å². The van der Waals surface area contributed by atoms with Crippen molar-refractivity contribution in [2.45, 2.75) is 31.6 Å². The molecule has 0 saturated carbocycles. The molecule has 0 saturated heterocycles. The maximum atomic E-state index is 12.0. The van der Waals surface area contributed by atoms with Crippen LogP contribution in [0.25, 0.3) is 0 Å². The van der Waals surface area contributed by atoms with Gasteiger partial charge >= 0.3 is 5.97 Å². The molecule has 5 heteroatoms. The maximum Gasteiger partial charge on any atom is 0.308 e. The Balaban J connectivity index is 2.44. The molecule has 0 bridgehead atoms. The van der Waals surface area contributed by atoms with Gasteiger partial charge in [-0.3, -0.25) is 4.79 Å². The lowest BCUT2D eigenvalue weighted by Gasteiger charge is -2.29. The zero-order chi connectivity index (χ0) is 19.1. The Labute approximate surface area is 164 Å². The third kappa shape index (κ3) is 5.47. The summed E-state index contributed by atoms with van der Waals surface area (Å²) in [5, 5.41) is 11.0. The van der Waals surface area contributed by atoms with Crippen LogP contribution in [0.3, 0.4) is 0 Å². The molecule has 2 rings (SSSR count). The summed E-state index contributed by atoms with van der Waals surface area (Å²) >= 11 is 12.2. The van der Waals surface area contributed by atoms with Gasteiger partial charge in [0.05, 0.1) is 13.0 Å². The van der Waals surface area contributed by atoms with Crippen molar-refractivity contribution in [1.82, 2.24) is 0 Å². The first-order chi connectivity index (χ1) is 12.5. The van der Waals surface area contributed by atoms with Crippen LogP contribution in [-0.2, 0) is 9.53 Å². The van der Waals surface area contributed by atoms with Crippen molar-refractivity contribution in [3.63, 3.8) is 0 Å². The molecule has 0 fully saturated rings. The molecule has 26 heavy (non-hydrogen) atoms. The maximum absolute atomic E-state index is 12.0. The number of methoxy groups -OCH3 is 1. The van der Waals surface area contributed by atoms with E-state index < -0.39 is 0 Å². The van der Waals surface area contributed by atoms with E-state index >= 15 is 0 Å². The highest BCUT2D eigenvalue weighted by atomic mass is 35.5. The van der Waals surface area contributed by atoms with E-state index in [-0.39, 0.29) is 30.3 Å². The lowest BCUT2D eigenvalue weighted by atomic mass is 9.75. The predicted octanol–water partition coefficient (Wildman–Crippen LogP) is 5.44. The van der Waals surface area contributed by atoms with Gasteiger partial charge in [0.25, 0.3) is 0 Å². The summed E-state index contributed by atoms with van der Waals surface area (Å²) in [6.45, 7) is 1.91. The number of rotatable bonds is 8. The van der Waals surface area contributed by atoms with Crippen LogP contribution in [0.4, 0.5) is 0 Å². The minimum atomic E-state index is -0.266. The van der Waals surface area contributed by atoms with Crippen LogP contribution < -0.4 is 0 Å². The number of hydrogen-bond donors (Lipinski definition) is 1. The number of carbonyl (C=O) groups is 1. The van der Waals surface area contributed by atoms with E-state index in [1.807, 2.05) is 55.5 Å². The molecule has 0 radical (unpaired) electrons. The Bertz CT molecular complexity index is 715. The molecule has 140 valence electrons. The van der Waals surface area contributed by atoms with Crippen molar-refractivity contribution in [2.75, 3.05) is 13.7 Å². The summed E-state index contributed by atoms with van der Waals surface area (Å²) in [6, 6.07) is 15.3. The smallest absolute Gasteiger partial charge is 0.308 e. The second-order valence-corrected chi connectivity index (χ2v) is 7.36. The molecular weight excluding hydrogens is 371 g/mol. The van der Waals surface area contributed by atoms with Crippen LogP contribution in [0.15, 0.2) is 48.5 Å². The summed E-state index contributed by atoms with van der Waals surface area (Å²) in [5.41, 5.74) is 2.12. The topological polar surface area (TPSA) is 46.5 Å². The van der Waals surface area contributed by atoms with Crippen molar-refractivity contribution in [3.05, 3.63) is 69.7 Å². The Morgan fingerprint density at radius 2 is 1.73 bits per heavy atom. The summed E-state index contributed by atoms with van der Waals surface area (Å²) in [7, 11) is 1.40. The summed E-state index contributed by atoms with van der Waals surface area (Å²) in [4.78, 5) is 12.0. The number of hydrogen-bond acceptors (Lipinski definition) is 3. The van der Waals surface area contributed by atoms with Gasteiger partial charge in [0.2, 0.25) is 0 Å². The first-order valence-electron chi connectivity index (χ1n) is 8.65. The average Bonchev–Trinajstić information content (AvgIpc) is 2.64. The van der Waals surface area contributed by atoms with Crippen LogP contribution in [-0.4, -0.2) is 24.8 Å². The fourth-order valence-electron chi connectivity index (χ4n) is 3.40. The first kappa shape index (κ1) is 20.8. The Morgan fingerprint density at radius 1 is 1.04 bits per heavy atom. The van der Waals surface area contributed by atoms with Crippen LogP contribution >= 0.6 is 23.2 Å². The molecule has 3 unspecified atom stereocenters. The largest absolute Gasteiger partial charge is 0.469 e. The van der Waals surface area contributed by atoms with E-state index in [1.165, 1.54) is 7.11 Å². The zero-order valence-electron chi connectivity index (χ0n) is 15.0. The molecule has 3 atom stereocenters. The molecule has 0 heterocycles. The van der Waals surface area contributed by atoms with Crippen molar-refractivity contribution in [1.29, 1.82) is 0 Å². The third-order valence-corrected chi connectivity index (χ3v) is 5.20. The number of halogens is 2. The summed E-state index contributed by atoms with van der Waals surface area (Å²) in [5.74, 6) is -0.465. The quantitative estimate of drug-likeness (QED) is 0.606. The van der Waals surface area contributed by atoms with E-state index in [1.54, 1.807) is 0 Å². The SMILES string of the molecule is COC(=O)C(C)CC(c1cccc(Cl)c1)C(CCO)c1ccc(Cl)cc1. The lowest BCUT2D eigenvalue weighted by Crippen LogP contribution is -2.21. The second kappa shape index (κ2) is 9.96. The summed E-state index contributed by atoms with van der Waals surface area (Å²) in [6.07, 6.45) is 1.17. The number of aliphatic hydroxyl groups is 1. The van der Waals surface area contributed by atoms with Crippen molar-refractivity contribution in [3.8, 4) is 0 Å². The fraction of sp³-hybridized carbons (Fsp3) is 0.381.